The molecule has 0 saturated carbocycles. The van der Waals surface area contributed by atoms with Gasteiger partial charge in [0.25, 0.3) is 5.69 Å². The average Bonchev–Trinajstić information content (AvgIpc) is 2.73. The molecule has 2 rings (SSSR count). The summed E-state index contributed by atoms with van der Waals surface area (Å²) in [5.41, 5.74) is 7.37. The summed E-state index contributed by atoms with van der Waals surface area (Å²) >= 11 is 1.52. The number of carbonyl (C=O) groups is 2. The predicted octanol–water partition coefficient (Wildman–Crippen LogP) is 2.66. The number of nitrogens with zero attached hydrogens (tertiary/aromatic N) is 1. The number of nitro benzene ring substituents is 1. The van der Waals surface area contributed by atoms with E-state index in [9.17, 15) is 19.7 Å². The highest BCUT2D eigenvalue weighted by molar-refractivity contribution is 7.99. The molecule has 1 aromatic rings. The van der Waals surface area contributed by atoms with Crippen LogP contribution in [-0.4, -0.2) is 48.6 Å². The van der Waals surface area contributed by atoms with Gasteiger partial charge in [0.15, 0.2) is 0 Å². The summed E-state index contributed by atoms with van der Waals surface area (Å²) in [5.74, 6) is -0.991. The van der Waals surface area contributed by atoms with Crippen LogP contribution in [0, 0.1) is 10.1 Å². The van der Waals surface area contributed by atoms with Crippen LogP contribution in [0.15, 0.2) is 46.8 Å². The predicted molar refractivity (Wildman–Crippen MR) is 121 cm³/mol. The van der Waals surface area contributed by atoms with Gasteiger partial charge < -0.3 is 20.5 Å². The first-order valence-electron chi connectivity index (χ1n) is 9.34. The van der Waals surface area contributed by atoms with Crippen molar-refractivity contribution in [3.63, 3.8) is 0 Å². The Morgan fingerprint density at radius 1 is 1.29 bits per heavy atom. The summed E-state index contributed by atoms with van der Waals surface area (Å²) in [6, 6.07) is 5.87. The number of nitro groups is 1. The number of benzene rings is 1. The van der Waals surface area contributed by atoms with Crippen molar-refractivity contribution >= 4 is 41.8 Å². The Bertz CT molecular complexity index is 903. The third kappa shape index (κ3) is 6.22. The van der Waals surface area contributed by atoms with Crippen LogP contribution in [-0.2, 0) is 19.1 Å². The first-order chi connectivity index (χ1) is 14.3. The molecule has 0 fully saturated rings. The van der Waals surface area contributed by atoms with Gasteiger partial charge in [-0.15, -0.1) is 12.4 Å². The number of dihydropyridines is 1. The Morgan fingerprint density at radius 3 is 2.58 bits per heavy atom. The van der Waals surface area contributed by atoms with Crippen molar-refractivity contribution in [1.29, 1.82) is 0 Å². The van der Waals surface area contributed by atoms with Crippen LogP contribution in [0.25, 0.3) is 0 Å². The van der Waals surface area contributed by atoms with Gasteiger partial charge in [-0.3, -0.25) is 10.1 Å². The second-order valence-electron chi connectivity index (χ2n) is 6.39. The van der Waals surface area contributed by atoms with Crippen LogP contribution < -0.4 is 11.1 Å². The van der Waals surface area contributed by atoms with Crippen molar-refractivity contribution in [2.75, 3.05) is 31.8 Å². The van der Waals surface area contributed by atoms with E-state index in [2.05, 4.69) is 5.32 Å². The zero-order valence-corrected chi connectivity index (χ0v) is 19.1. The Hall–Kier alpha value is -2.56. The van der Waals surface area contributed by atoms with Crippen molar-refractivity contribution in [1.82, 2.24) is 5.32 Å². The number of nitrogens with one attached hydrogen (secondary N) is 1. The number of allylic oxidation sites excluding steroid dienone is 1. The topological polar surface area (TPSA) is 134 Å². The number of hydrogen-bond donors (Lipinski definition) is 2. The summed E-state index contributed by atoms with van der Waals surface area (Å²) < 4.78 is 10.2. The van der Waals surface area contributed by atoms with Crippen LogP contribution in [0.5, 0.6) is 0 Å². The maximum absolute atomic E-state index is 12.9. The lowest BCUT2D eigenvalue weighted by Crippen LogP contribution is -2.34. The largest absolute Gasteiger partial charge is 0.466 e. The minimum absolute atomic E-state index is 0. The number of non-ortho nitro benzene ring substituents is 1. The molecule has 1 heterocycles. The molecule has 1 aliphatic rings. The first-order valence-corrected chi connectivity index (χ1v) is 10.5. The molecule has 1 atom stereocenters. The molecule has 0 radical (unpaired) electrons. The van der Waals surface area contributed by atoms with Crippen LogP contribution in [0.2, 0.25) is 0 Å². The van der Waals surface area contributed by atoms with E-state index in [1.165, 1.54) is 37.1 Å². The summed E-state index contributed by atoms with van der Waals surface area (Å²) in [7, 11) is 1.24. The molecular formula is C20H26ClN3O6S. The Labute approximate surface area is 191 Å². The second-order valence-corrected chi connectivity index (χ2v) is 7.50. The maximum Gasteiger partial charge on any atom is 0.336 e. The quantitative estimate of drug-likeness (QED) is 0.241. The fourth-order valence-electron chi connectivity index (χ4n) is 3.25. The van der Waals surface area contributed by atoms with Gasteiger partial charge in [0.1, 0.15) is 0 Å². The molecule has 1 aliphatic heterocycles. The van der Waals surface area contributed by atoms with E-state index in [1.807, 2.05) is 0 Å². The van der Waals surface area contributed by atoms with Crippen molar-refractivity contribution in [3.05, 3.63) is 62.5 Å². The van der Waals surface area contributed by atoms with Crippen LogP contribution in [0.3, 0.4) is 0 Å². The molecule has 1 aromatic carbocycles. The molecule has 11 heteroatoms. The van der Waals surface area contributed by atoms with Gasteiger partial charge in [-0.2, -0.15) is 11.8 Å². The highest BCUT2D eigenvalue weighted by Crippen LogP contribution is 2.40. The van der Waals surface area contributed by atoms with E-state index in [-0.39, 0.29) is 35.8 Å². The van der Waals surface area contributed by atoms with E-state index < -0.39 is 22.8 Å². The highest BCUT2D eigenvalue weighted by Gasteiger charge is 2.39. The normalized spacial score (nSPS) is 15.7. The average molecular weight is 472 g/mol. The molecule has 0 aromatic heterocycles. The number of thioether (sulfide) groups is 1. The van der Waals surface area contributed by atoms with E-state index in [0.29, 0.717) is 35.0 Å². The SMILES string of the molecule is CCOC(=O)C1=C(CSCCN)NC(C)=C(C(=O)OC)C1c1cccc([N+](=O)[O-])c1.Cl. The summed E-state index contributed by atoms with van der Waals surface area (Å²) in [4.78, 5) is 36.3. The fraction of sp³-hybridized carbons (Fsp3) is 0.400. The van der Waals surface area contributed by atoms with Gasteiger partial charge in [-0.1, -0.05) is 12.1 Å². The monoisotopic (exact) mass is 471 g/mol. The fourth-order valence-corrected chi connectivity index (χ4v) is 3.99. The smallest absolute Gasteiger partial charge is 0.336 e. The lowest BCUT2D eigenvalue weighted by molar-refractivity contribution is -0.384. The van der Waals surface area contributed by atoms with Gasteiger partial charge in [-0.25, -0.2) is 9.59 Å². The highest BCUT2D eigenvalue weighted by atomic mass is 35.5. The second kappa shape index (κ2) is 12.3. The number of hydrogen-bond acceptors (Lipinski definition) is 9. The van der Waals surface area contributed by atoms with E-state index >= 15 is 0 Å². The van der Waals surface area contributed by atoms with Gasteiger partial charge in [0, 0.05) is 41.6 Å². The minimum Gasteiger partial charge on any atom is -0.466 e. The van der Waals surface area contributed by atoms with E-state index in [4.69, 9.17) is 15.2 Å². The molecule has 31 heavy (non-hydrogen) atoms. The molecule has 0 spiro atoms. The Morgan fingerprint density at radius 2 is 2.00 bits per heavy atom. The zero-order chi connectivity index (χ0) is 22.3. The van der Waals surface area contributed by atoms with E-state index in [1.54, 1.807) is 19.9 Å². The molecule has 9 nitrogen and oxygen atoms in total. The van der Waals surface area contributed by atoms with Gasteiger partial charge in [-0.05, 0) is 19.4 Å². The third-order valence-electron chi connectivity index (χ3n) is 4.47. The minimum atomic E-state index is -0.869. The molecule has 3 N–H and O–H groups in total. The van der Waals surface area contributed by atoms with Crippen LogP contribution in [0.1, 0.15) is 25.3 Å². The number of halogens is 1. The first kappa shape index (κ1) is 26.5. The van der Waals surface area contributed by atoms with Crippen molar-refractivity contribution in [2.24, 2.45) is 5.73 Å². The summed E-state index contributed by atoms with van der Waals surface area (Å²) in [5, 5.41) is 14.4. The molecule has 0 bridgehead atoms. The molecule has 170 valence electrons. The molecule has 0 saturated heterocycles. The number of esters is 2. The van der Waals surface area contributed by atoms with Gasteiger partial charge in [0.05, 0.1) is 35.7 Å². The van der Waals surface area contributed by atoms with Crippen molar-refractivity contribution in [2.45, 2.75) is 19.8 Å². The van der Waals surface area contributed by atoms with Gasteiger partial charge >= 0.3 is 11.9 Å². The summed E-state index contributed by atoms with van der Waals surface area (Å²) in [6.45, 7) is 4.00. The van der Waals surface area contributed by atoms with E-state index in [0.717, 1.165) is 0 Å². The van der Waals surface area contributed by atoms with Crippen molar-refractivity contribution < 1.29 is 24.0 Å². The molecular weight excluding hydrogens is 446 g/mol. The lowest BCUT2D eigenvalue weighted by atomic mass is 9.80. The maximum atomic E-state index is 12.9. The Balaban J connectivity index is 0.00000480. The number of methoxy groups -OCH3 is 1. The van der Waals surface area contributed by atoms with Gasteiger partial charge in [0.2, 0.25) is 0 Å². The number of rotatable bonds is 9. The van der Waals surface area contributed by atoms with Crippen LogP contribution in [0.4, 0.5) is 5.69 Å². The number of ether oxygens (including phenoxy) is 2. The zero-order valence-electron chi connectivity index (χ0n) is 17.5. The summed E-state index contributed by atoms with van der Waals surface area (Å²) in [6.07, 6.45) is 0. The number of carbonyl (C=O) groups excluding carboxylic acids is 2. The standard InChI is InChI=1S/C20H25N3O6S.ClH/c1-4-29-20(25)18-15(11-30-9-8-21)22-12(2)16(19(24)28-3)17(18)13-6-5-7-14(10-13)23(26)27;/h5-7,10,17,22H,4,8-9,11,21H2,1-3H3;1H. The third-order valence-corrected chi connectivity index (χ3v) is 5.49. The molecule has 0 amide bonds. The molecule has 1 unspecified atom stereocenters. The Kier molecular flexibility index (Phi) is 10.5. The van der Waals surface area contributed by atoms with Crippen molar-refractivity contribution in [3.8, 4) is 0 Å². The lowest BCUT2D eigenvalue weighted by Gasteiger charge is -2.31. The number of nitrogens with two attached hydrogens (primary N) is 1. The molecule has 0 aliphatic carbocycles. The van der Waals surface area contributed by atoms with Crippen LogP contribution >= 0.6 is 24.2 Å².